The van der Waals surface area contributed by atoms with Gasteiger partial charge in [0, 0.05) is 12.6 Å². The number of ether oxygens (including phenoxy) is 1. The molecule has 2 rings (SSSR count). The lowest BCUT2D eigenvalue weighted by Gasteiger charge is -2.28. The van der Waals surface area contributed by atoms with Gasteiger partial charge < -0.3 is 14.7 Å². The third-order valence-electron chi connectivity index (χ3n) is 3.84. The van der Waals surface area contributed by atoms with E-state index in [1.807, 2.05) is 6.92 Å². The van der Waals surface area contributed by atoms with Crippen LogP contribution in [0.1, 0.15) is 23.7 Å². The van der Waals surface area contributed by atoms with Gasteiger partial charge in [-0.25, -0.2) is 8.42 Å². The maximum absolute atomic E-state index is 12.9. The minimum Gasteiger partial charge on any atom is -0.488 e. The van der Waals surface area contributed by atoms with Crippen molar-refractivity contribution in [1.29, 1.82) is 0 Å². The Hall–Kier alpha value is -1.86. The highest BCUT2D eigenvalue weighted by atomic mass is 32.2. The van der Waals surface area contributed by atoms with Crippen LogP contribution in [0.25, 0.3) is 0 Å². The number of hydrogen-bond acceptors (Lipinski definition) is 5. The van der Waals surface area contributed by atoms with Gasteiger partial charge in [-0.3, -0.25) is 4.79 Å². The van der Waals surface area contributed by atoms with Crippen molar-refractivity contribution < 1.29 is 23.1 Å². The number of sulfone groups is 1. The lowest BCUT2D eigenvalue weighted by Crippen LogP contribution is -2.43. The van der Waals surface area contributed by atoms with Crippen LogP contribution in [0, 0.1) is 0 Å². The number of aliphatic hydroxyl groups is 1. The number of para-hydroxylation sites is 1. The second kappa shape index (κ2) is 7.81. The van der Waals surface area contributed by atoms with E-state index in [9.17, 15) is 18.3 Å². The monoisotopic (exact) mass is 353 g/mol. The predicted octanol–water partition coefficient (Wildman–Crippen LogP) is 1.26. The van der Waals surface area contributed by atoms with Crippen molar-refractivity contribution in [2.45, 2.75) is 19.4 Å². The van der Waals surface area contributed by atoms with Gasteiger partial charge in [0.05, 0.1) is 23.7 Å². The van der Waals surface area contributed by atoms with E-state index < -0.39 is 15.9 Å². The molecule has 1 fully saturated rings. The molecule has 7 heteroatoms. The van der Waals surface area contributed by atoms with Crippen LogP contribution in [0.15, 0.2) is 36.4 Å². The SMILES string of the molecule is C=C(C)COc1ccccc1C(=O)N(CCO)C1CCS(=O)(=O)C1. The number of carbonyl (C=O) groups is 1. The minimum absolute atomic E-state index is 0.0620. The maximum Gasteiger partial charge on any atom is 0.257 e. The van der Waals surface area contributed by atoms with E-state index in [0.717, 1.165) is 5.57 Å². The number of rotatable bonds is 7. The molecular formula is C17H23NO5S. The van der Waals surface area contributed by atoms with Gasteiger partial charge in [0.1, 0.15) is 12.4 Å². The first-order valence-corrected chi connectivity index (χ1v) is 9.64. The summed E-state index contributed by atoms with van der Waals surface area (Å²) in [6.45, 7) is 5.75. The highest BCUT2D eigenvalue weighted by Gasteiger charge is 2.35. The van der Waals surface area contributed by atoms with Crippen molar-refractivity contribution in [3.63, 3.8) is 0 Å². The lowest BCUT2D eigenvalue weighted by molar-refractivity contribution is 0.0651. The molecule has 1 N–H and O–H groups in total. The zero-order valence-corrected chi connectivity index (χ0v) is 14.6. The third kappa shape index (κ3) is 4.58. The number of aliphatic hydroxyl groups excluding tert-OH is 1. The molecule has 24 heavy (non-hydrogen) atoms. The average Bonchev–Trinajstić information content (AvgIpc) is 2.90. The molecule has 1 amide bonds. The van der Waals surface area contributed by atoms with Gasteiger partial charge in [0.25, 0.3) is 5.91 Å². The van der Waals surface area contributed by atoms with Crippen LogP contribution in [-0.2, 0) is 9.84 Å². The van der Waals surface area contributed by atoms with Crippen LogP contribution in [0.4, 0.5) is 0 Å². The summed E-state index contributed by atoms with van der Waals surface area (Å²) >= 11 is 0. The van der Waals surface area contributed by atoms with Crippen molar-refractivity contribution in [2.24, 2.45) is 0 Å². The summed E-state index contributed by atoms with van der Waals surface area (Å²) < 4.78 is 29.1. The van der Waals surface area contributed by atoms with Crippen molar-refractivity contribution in [2.75, 3.05) is 31.3 Å². The second-order valence-corrected chi connectivity index (χ2v) is 8.25. The summed E-state index contributed by atoms with van der Waals surface area (Å²) in [5, 5.41) is 9.28. The molecule has 1 aliphatic rings. The van der Waals surface area contributed by atoms with E-state index in [1.54, 1.807) is 24.3 Å². The van der Waals surface area contributed by atoms with Gasteiger partial charge in [0.2, 0.25) is 0 Å². The molecule has 0 aliphatic carbocycles. The summed E-state index contributed by atoms with van der Waals surface area (Å²) in [5.41, 5.74) is 1.18. The number of carbonyl (C=O) groups excluding carboxylic acids is 1. The van der Waals surface area contributed by atoms with Gasteiger partial charge in [0.15, 0.2) is 9.84 Å². The summed E-state index contributed by atoms with van der Waals surface area (Å²) in [6.07, 6.45) is 0.392. The molecule has 1 aliphatic heterocycles. The van der Waals surface area contributed by atoms with Crippen LogP contribution in [0.3, 0.4) is 0 Å². The normalized spacial score (nSPS) is 19.0. The summed E-state index contributed by atoms with van der Waals surface area (Å²) in [4.78, 5) is 14.4. The molecule has 1 aromatic carbocycles. The Morgan fingerprint density at radius 2 is 2.12 bits per heavy atom. The number of hydrogen-bond donors (Lipinski definition) is 1. The fourth-order valence-electron chi connectivity index (χ4n) is 2.70. The van der Waals surface area contributed by atoms with Crippen molar-refractivity contribution >= 4 is 15.7 Å². The van der Waals surface area contributed by atoms with Crippen LogP contribution >= 0.6 is 0 Å². The van der Waals surface area contributed by atoms with Crippen LogP contribution in [-0.4, -0.2) is 61.6 Å². The molecule has 0 bridgehead atoms. The Morgan fingerprint density at radius 3 is 2.71 bits per heavy atom. The van der Waals surface area contributed by atoms with E-state index >= 15 is 0 Å². The summed E-state index contributed by atoms with van der Waals surface area (Å²) in [5.74, 6) is 0.103. The molecule has 1 heterocycles. The topological polar surface area (TPSA) is 83.9 Å². The largest absolute Gasteiger partial charge is 0.488 e. The number of benzene rings is 1. The van der Waals surface area contributed by atoms with Crippen LogP contribution < -0.4 is 4.74 Å². The summed E-state index contributed by atoms with van der Waals surface area (Å²) in [7, 11) is -3.12. The standard InChI is InChI=1S/C17H23NO5S/c1-13(2)11-23-16-6-4-3-5-15(16)17(20)18(8-9-19)14-7-10-24(21,22)12-14/h3-6,14,19H,1,7-12H2,2H3. The molecule has 1 atom stereocenters. The number of amides is 1. The second-order valence-electron chi connectivity index (χ2n) is 6.02. The highest BCUT2D eigenvalue weighted by molar-refractivity contribution is 7.91. The summed E-state index contributed by atoms with van der Waals surface area (Å²) in [6, 6.07) is 6.41. The Bertz CT molecular complexity index is 713. The zero-order chi connectivity index (χ0) is 17.7. The Labute approximate surface area is 142 Å². The van der Waals surface area contributed by atoms with Gasteiger partial charge >= 0.3 is 0 Å². The molecule has 1 unspecified atom stereocenters. The van der Waals surface area contributed by atoms with E-state index in [2.05, 4.69) is 6.58 Å². The molecule has 1 saturated heterocycles. The maximum atomic E-state index is 12.9. The predicted molar refractivity (Wildman–Crippen MR) is 91.9 cm³/mol. The van der Waals surface area contributed by atoms with E-state index in [-0.39, 0.29) is 30.6 Å². The van der Waals surface area contributed by atoms with Crippen LogP contribution in [0.5, 0.6) is 5.75 Å². The highest BCUT2D eigenvalue weighted by Crippen LogP contribution is 2.24. The molecule has 0 spiro atoms. The third-order valence-corrected chi connectivity index (χ3v) is 5.59. The van der Waals surface area contributed by atoms with E-state index in [4.69, 9.17) is 4.74 Å². The molecule has 0 aromatic heterocycles. The molecule has 0 saturated carbocycles. The fourth-order valence-corrected chi connectivity index (χ4v) is 4.43. The average molecular weight is 353 g/mol. The van der Waals surface area contributed by atoms with E-state index in [1.165, 1.54) is 4.90 Å². The first-order valence-electron chi connectivity index (χ1n) is 7.82. The van der Waals surface area contributed by atoms with E-state index in [0.29, 0.717) is 24.3 Å². The van der Waals surface area contributed by atoms with Crippen molar-refractivity contribution in [3.8, 4) is 5.75 Å². The molecule has 132 valence electrons. The van der Waals surface area contributed by atoms with Crippen molar-refractivity contribution in [1.82, 2.24) is 4.90 Å². The quantitative estimate of drug-likeness (QED) is 0.746. The van der Waals surface area contributed by atoms with Crippen LogP contribution in [0.2, 0.25) is 0 Å². The minimum atomic E-state index is -3.12. The molecular weight excluding hydrogens is 330 g/mol. The van der Waals surface area contributed by atoms with Gasteiger partial charge in [-0.05, 0) is 31.1 Å². The Morgan fingerprint density at radius 1 is 1.42 bits per heavy atom. The molecule has 0 radical (unpaired) electrons. The van der Waals surface area contributed by atoms with Gasteiger partial charge in [-0.2, -0.15) is 0 Å². The lowest BCUT2D eigenvalue weighted by atomic mass is 10.1. The first kappa shape index (κ1) is 18.5. The van der Waals surface area contributed by atoms with Gasteiger partial charge in [-0.1, -0.05) is 18.7 Å². The van der Waals surface area contributed by atoms with Crippen molar-refractivity contribution in [3.05, 3.63) is 42.0 Å². The first-order chi connectivity index (χ1) is 11.3. The molecule has 1 aromatic rings. The van der Waals surface area contributed by atoms with Gasteiger partial charge in [-0.15, -0.1) is 0 Å². The molecule has 6 nitrogen and oxygen atoms in total. The fraction of sp³-hybridized carbons (Fsp3) is 0.471. The Balaban J connectivity index is 2.25. The zero-order valence-electron chi connectivity index (χ0n) is 13.8. The number of nitrogens with zero attached hydrogens (tertiary/aromatic N) is 1. The smallest absolute Gasteiger partial charge is 0.257 e. The Kier molecular flexibility index (Phi) is 6.01.